The summed E-state index contributed by atoms with van der Waals surface area (Å²) in [6.07, 6.45) is 3.85. The molecule has 0 spiro atoms. The summed E-state index contributed by atoms with van der Waals surface area (Å²) in [6.45, 7) is 0.617. The number of benzene rings is 2. The molecule has 1 heterocycles. The number of amides is 1. The minimum Gasteiger partial charge on any atom is -0.497 e. The van der Waals surface area contributed by atoms with Crippen LogP contribution in [-0.4, -0.2) is 29.4 Å². The number of nitrogens with zero attached hydrogens (tertiary/aromatic N) is 2. The van der Waals surface area contributed by atoms with Crippen molar-refractivity contribution in [1.82, 2.24) is 4.90 Å². The van der Waals surface area contributed by atoms with E-state index in [4.69, 9.17) is 16.3 Å². The van der Waals surface area contributed by atoms with Gasteiger partial charge in [0, 0.05) is 18.2 Å². The highest BCUT2D eigenvalue weighted by Crippen LogP contribution is 2.33. The number of halogens is 1. The van der Waals surface area contributed by atoms with Crippen LogP contribution in [0.15, 0.2) is 42.5 Å². The molecule has 0 aliphatic carbocycles. The molecule has 2 aromatic rings. The van der Waals surface area contributed by atoms with E-state index in [1.54, 1.807) is 13.2 Å². The summed E-state index contributed by atoms with van der Waals surface area (Å²) in [5, 5.41) is 11.2. The maximum absolute atomic E-state index is 13.2. The lowest BCUT2D eigenvalue weighted by atomic mass is 10.00. The fourth-order valence-corrected chi connectivity index (χ4v) is 3.66. The van der Waals surface area contributed by atoms with Crippen molar-refractivity contribution in [2.24, 2.45) is 0 Å². The molecular formula is C20H21ClN2O4. The van der Waals surface area contributed by atoms with Crippen molar-refractivity contribution < 1.29 is 14.5 Å². The predicted molar refractivity (Wildman–Crippen MR) is 103 cm³/mol. The van der Waals surface area contributed by atoms with Crippen LogP contribution in [0.1, 0.15) is 47.6 Å². The smallest absolute Gasteiger partial charge is 0.288 e. The Bertz CT molecular complexity index is 838. The summed E-state index contributed by atoms with van der Waals surface area (Å²) >= 11 is 5.88. The molecule has 0 radical (unpaired) electrons. The zero-order chi connectivity index (χ0) is 19.4. The van der Waals surface area contributed by atoms with E-state index in [0.29, 0.717) is 6.54 Å². The van der Waals surface area contributed by atoms with E-state index in [0.717, 1.165) is 37.0 Å². The first-order valence-corrected chi connectivity index (χ1v) is 9.28. The van der Waals surface area contributed by atoms with E-state index in [2.05, 4.69) is 0 Å². The second kappa shape index (κ2) is 8.39. The number of nitro benzene ring substituents is 1. The third-order valence-electron chi connectivity index (χ3n) is 4.90. The molecule has 1 atom stereocenters. The summed E-state index contributed by atoms with van der Waals surface area (Å²) in [5.74, 6) is 0.552. The molecule has 7 heteroatoms. The van der Waals surface area contributed by atoms with Crippen molar-refractivity contribution in [2.75, 3.05) is 13.7 Å². The summed E-state index contributed by atoms with van der Waals surface area (Å²) in [4.78, 5) is 25.6. The van der Waals surface area contributed by atoms with Crippen molar-refractivity contribution >= 4 is 23.2 Å². The molecule has 0 aromatic heterocycles. The molecule has 0 N–H and O–H groups in total. The zero-order valence-corrected chi connectivity index (χ0v) is 15.8. The Labute approximate surface area is 162 Å². The molecule has 142 valence electrons. The van der Waals surface area contributed by atoms with Gasteiger partial charge >= 0.3 is 0 Å². The monoisotopic (exact) mass is 388 g/mol. The lowest BCUT2D eigenvalue weighted by Crippen LogP contribution is -2.34. The molecule has 0 bridgehead atoms. The van der Waals surface area contributed by atoms with Crippen LogP contribution in [0.2, 0.25) is 5.02 Å². The Hall–Kier alpha value is -2.60. The second-order valence-electron chi connectivity index (χ2n) is 6.56. The molecule has 2 aromatic carbocycles. The topological polar surface area (TPSA) is 72.7 Å². The first-order chi connectivity index (χ1) is 13.0. The van der Waals surface area contributed by atoms with Crippen molar-refractivity contribution in [3.05, 3.63) is 68.7 Å². The van der Waals surface area contributed by atoms with Crippen LogP contribution in [0, 0.1) is 10.1 Å². The standard InChI is InChI=1S/C20H21ClN2O4/c1-27-16-9-6-14(7-10-16)18-5-3-2-4-12-22(18)20(24)15-8-11-17(21)19(13-15)23(25)26/h6-11,13,18H,2-5,12H2,1H3/t18-/m1/s1. The van der Waals surface area contributed by atoms with Gasteiger partial charge in [0.15, 0.2) is 0 Å². The highest BCUT2D eigenvalue weighted by Gasteiger charge is 2.29. The number of carbonyl (C=O) groups excluding carboxylic acids is 1. The van der Waals surface area contributed by atoms with E-state index in [-0.39, 0.29) is 28.2 Å². The van der Waals surface area contributed by atoms with Gasteiger partial charge in [-0.1, -0.05) is 36.6 Å². The number of rotatable bonds is 4. The maximum Gasteiger partial charge on any atom is 0.288 e. The second-order valence-corrected chi connectivity index (χ2v) is 6.97. The van der Waals surface area contributed by atoms with Gasteiger partial charge in [-0.2, -0.15) is 0 Å². The third-order valence-corrected chi connectivity index (χ3v) is 5.22. The van der Waals surface area contributed by atoms with Crippen LogP contribution in [-0.2, 0) is 0 Å². The SMILES string of the molecule is COc1ccc([C@H]2CCCCCN2C(=O)c2ccc(Cl)c([N+](=O)[O-])c2)cc1. The molecule has 6 nitrogen and oxygen atoms in total. The minimum atomic E-state index is -0.567. The Morgan fingerprint density at radius 2 is 1.93 bits per heavy atom. The third kappa shape index (κ3) is 4.22. The minimum absolute atomic E-state index is 0.0270. The van der Waals surface area contributed by atoms with Crippen molar-refractivity contribution in [3.63, 3.8) is 0 Å². The van der Waals surface area contributed by atoms with Crippen LogP contribution >= 0.6 is 11.6 Å². The molecule has 1 aliphatic heterocycles. The van der Waals surface area contributed by atoms with E-state index in [9.17, 15) is 14.9 Å². The van der Waals surface area contributed by atoms with Gasteiger partial charge < -0.3 is 9.64 Å². The molecule has 1 amide bonds. The van der Waals surface area contributed by atoms with E-state index in [1.165, 1.54) is 12.1 Å². The molecule has 0 saturated carbocycles. The van der Waals surface area contributed by atoms with Gasteiger partial charge in [0.1, 0.15) is 10.8 Å². The molecule has 1 fully saturated rings. The number of ether oxygens (including phenoxy) is 1. The quantitative estimate of drug-likeness (QED) is 0.544. The number of carbonyl (C=O) groups is 1. The first kappa shape index (κ1) is 19.2. The van der Waals surface area contributed by atoms with Crippen LogP contribution in [0.4, 0.5) is 5.69 Å². The van der Waals surface area contributed by atoms with E-state index >= 15 is 0 Å². The molecule has 27 heavy (non-hydrogen) atoms. The number of likely N-dealkylation sites (tertiary alicyclic amines) is 1. The average Bonchev–Trinajstić information content (AvgIpc) is 2.93. The Balaban J connectivity index is 1.94. The van der Waals surface area contributed by atoms with Crippen LogP contribution in [0.25, 0.3) is 0 Å². The highest BCUT2D eigenvalue weighted by molar-refractivity contribution is 6.32. The summed E-state index contributed by atoms with van der Waals surface area (Å²) in [6, 6.07) is 11.9. The Morgan fingerprint density at radius 1 is 1.19 bits per heavy atom. The van der Waals surface area contributed by atoms with Gasteiger partial charge in [-0.3, -0.25) is 14.9 Å². The summed E-state index contributed by atoms with van der Waals surface area (Å²) < 4.78 is 5.21. The van der Waals surface area contributed by atoms with Crippen LogP contribution in [0.3, 0.4) is 0 Å². The zero-order valence-electron chi connectivity index (χ0n) is 15.1. The summed E-state index contributed by atoms with van der Waals surface area (Å²) in [5.41, 5.74) is 1.07. The van der Waals surface area contributed by atoms with E-state index in [1.807, 2.05) is 29.2 Å². The largest absolute Gasteiger partial charge is 0.497 e. The fourth-order valence-electron chi connectivity index (χ4n) is 3.48. The average molecular weight is 389 g/mol. The lowest BCUT2D eigenvalue weighted by molar-refractivity contribution is -0.384. The van der Waals surface area contributed by atoms with Gasteiger partial charge in [0.05, 0.1) is 18.1 Å². The van der Waals surface area contributed by atoms with Crippen LogP contribution in [0.5, 0.6) is 5.75 Å². The normalized spacial score (nSPS) is 17.3. The van der Waals surface area contributed by atoms with Crippen LogP contribution < -0.4 is 4.74 Å². The van der Waals surface area contributed by atoms with Gasteiger partial charge in [-0.25, -0.2) is 0 Å². The first-order valence-electron chi connectivity index (χ1n) is 8.90. The fraction of sp³-hybridized carbons (Fsp3) is 0.350. The molecule has 1 aliphatic rings. The van der Waals surface area contributed by atoms with Gasteiger partial charge in [-0.15, -0.1) is 0 Å². The molecular weight excluding hydrogens is 368 g/mol. The number of nitro groups is 1. The molecule has 1 saturated heterocycles. The molecule has 3 rings (SSSR count). The summed E-state index contributed by atoms with van der Waals surface area (Å²) in [7, 11) is 1.62. The van der Waals surface area contributed by atoms with E-state index < -0.39 is 4.92 Å². The van der Waals surface area contributed by atoms with Crippen molar-refractivity contribution in [2.45, 2.75) is 31.7 Å². The molecule has 0 unspecified atom stereocenters. The van der Waals surface area contributed by atoms with Gasteiger partial charge in [0.2, 0.25) is 0 Å². The number of hydrogen-bond donors (Lipinski definition) is 0. The highest BCUT2D eigenvalue weighted by atomic mass is 35.5. The Morgan fingerprint density at radius 3 is 2.59 bits per heavy atom. The number of methoxy groups -OCH3 is 1. The van der Waals surface area contributed by atoms with Gasteiger partial charge in [0.25, 0.3) is 11.6 Å². The Kier molecular flexibility index (Phi) is 5.96. The van der Waals surface area contributed by atoms with Crippen molar-refractivity contribution in [1.29, 1.82) is 0 Å². The predicted octanol–water partition coefficient (Wildman–Crippen LogP) is 5.01. The maximum atomic E-state index is 13.2. The van der Waals surface area contributed by atoms with Crippen molar-refractivity contribution in [3.8, 4) is 5.75 Å². The number of hydrogen-bond acceptors (Lipinski definition) is 4. The lowest BCUT2D eigenvalue weighted by Gasteiger charge is -2.30. The van der Waals surface area contributed by atoms with Gasteiger partial charge in [-0.05, 0) is 42.7 Å².